The third-order valence-electron chi connectivity index (χ3n) is 5.17. The van der Waals surface area contributed by atoms with Crippen LogP contribution >= 0.6 is 220 Å². The van der Waals surface area contributed by atoms with E-state index in [4.69, 9.17) is 37.9 Å². The van der Waals surface area contributed by atoms with Gasteiger partial charge in [0.1, 0.15) is 0 Å². The van der Waals surface area contributed by atoms with Crippen LogP contribution < -0.4 is 0 Å². The average Bonchev–Trinajstić information content (AvgIpc) is 2.84. The van der Waals surface area contributed by atoms with Gasteiger partial charge in [-0.05, 0) is 17.8 Å². The average molecular weight is 830 g/mol. The summed E-state index contributed by atoms with van der Waals surface area (Å²) in [6.07, 6.45) is 0. The minimum absolute atomic E-state index is 0.260. The van der Waals surface area contributed by atoms with Crippen molar-refractivity contribution in [1.29, 1.82) is 0 Å². The summed E-state index contributed by atoms with van der Waals surface area (Å²) in [5, 5.41) is 5.67. The molecule has 0 aromatic heterocycles. The van der Waals surface area contributed by atoms with E-state index in [-0.39, 0.29) is 15.7 Å². The highest BCUT2D eigenvalue weighted by Crippen LogP contribution is 2.50. The van der Waals surface area contributed by atoms with Crippen LogP contribution in [0.15, 0.2) is 0 Å². The summed E-state index contributed by atoms with van der Waals surface area (Å²) in [6.45, 7) is 0. The maximum atomic E-state index is 5.25. The zero-order valence-corrected chi connectivity index (χ0v) is 34.7. The summed E-state index contributed by atoms with van der Waals surface area (Å²) < 4.78 is 1.30. The highest BCUT2D eigenvalue weighted by Gasteiger charge is 2.47. The highest BCUT2D eigenvalue weighted by atomic mass is 32.3. The molecule has 0 N–H and O–H groups in total. The molecule has 1 rings (SSSR count). The Balaban J connectivity index is 3.03. The van der Waals surface area contributed by atoms with Crippen molar-refractivity contribution in [2.45, 2.75) is 27.5 Å². The fraction of sp³-hybridized carbons (Fsp3) is 1.00. The first-order chi connectivity index (χ1) is 17.4. The molecule has 1 fully saturated rings. The molecule has 0 amide bonds. The molecule has 0 aromatic carbocycles. The van der Waals surface area contributed by atoms with Crippen LogP contribution in [-0.2, 0) is 0 Å². The van der Waals surface area contributed by atoms with Crippen molar-refractivity contribution in [3.63, 3.8) is 0 Å². The molecule has 0 saturated heterocycles. The standard InChI is InChI=1S/C18H36S18/c19-4-31-16(32-5-20)28-1-10-13(25)11(2-29-17(33-6-21)34-7-22)15(27)12(14(10)26)3-30-18(35-8-23)36-9-24/h10-27H,1-9H2. The monoisotopic (exact) mass is 828 g/mol. The first kappa shape index (κ1) is 40.3. The Morgan fingerprint density at radius 2 is 0.556 bits per heavy atom. The number of hydrogen-bond acceptors (Lipinski definition) is 18. The van der Waals surface area contributed by atoms with E-state index in [0.29, 0.717) is 29.5 Å². The maximum Gasteiger partial charge on any atom is 0.0972 e. The van der Waals surface area contributed by atoms with Crippen LogP contribution in [0.5, 0.6) is 0 Å². The Kier molecular flexibility index (Phi) is 28.5. The zero-order chi connectivity index (χ0) is 26.9. The van der Waals surface area contributed by atoms with Crippen LogP contribution in [-0.4, -0.2) is 75.3 Å². The van der Waals surface area contributed by atoms with Crippen molar-refractivity contribution in [3.05, 3.63) is 0 Å². The van der Waals surface area contributed by atoms with Gasteiger partial charge in [-0.1, -0.05) is 0 Å². The van der Waals surface area contributed by atoms with E-state index in [1.54, 1.807) is 0 Å². The van der Waals surface area contributed by atoms with Crippen LogP contribution in [0.25, 0.3) is 0 Å². The Labute approximate surface area is 307 Å². The Bertz CT molecular complexity index is 429. The summed E-state index contributed by atoms with van der Waals surface area (Å²) in [4.78, 5) is 0. The minimum atomic E-state index is 0.260. The lowest BCUT2D eigenvalue weighted by atomic mass is 9.75. The number of hydrogen-bond donors (Lipinski definition) is 9. The van der Waals surface area contributed by atoms with Crippen LogP contribution in [0.3, 0.4) is 0 Å². The molecule has 18 heteroatoms. The van der Waals surface area contributed by atoms with Gasteiger partial charge in [0.25, 0.3) is 0 Å². The van der Waals surface area contributed by atoms with E-state index in [0.717, 1.165) is 47.8 Å². The molecule has 216 valence electrons. The number of rotatable bonds is 21. The fourth-order valence-electron chi connectivity index (χ4n) is 3.52. The SMILES string of the molecule is SCSC(SCS)SCC1C(S)C(CSC(SCS)SCS)C(S)C(CSC(SCS)SCS)C1S. The molecule has 1 saturated carbocycles. The summed E-state index contributed by atoms with van der Waals surface area (Å²) in [5.41, 5.74) is 0. The molecule has 0 nitrogen and oxygen atoms in total. The first-order valence-corrected chi connectivity index (χ1v) is 25.4. The van der Waals surface area contributed by atoms with Gasteiger partial charge in [-0.15, -0.1) is 106 Å². The van der Waals surface area contributed by atoms with Gasteiger partial charge in [0.05, 0.1) is 11.7 Å². The number of thioether (sulfide) groups is 9. The lowest BCUT2D eigenvalue weighted by Crippen LogP contribution is -2.52. The van der Waals surface area contributed by atoms with Crippen molar-refractivity contribution >= 4 is 220 Å². The normalized spacial score (nSPS) is 27.0. The molecular formula is C18H36S18. The summed E-state index contributed by atoms with van der Waals surface area (Å²) in [7, 11) is 0. The first-order valence-electron chi connectivity index (χ1n) is 10.6. The molecule has 0 unspecified atom stereocenters. The van der Waals surface area contributed by atoms with E-state index in [9.17, 15) is 0 Å². The molecule has 0 atom stereocenters. The van der Waals surface area contributed by atoms with Crippen LogP contribution in [0.2, 0.25) is 0 Å². The Morgan fingerprint density at radius 3 is 0.722 bits per heavy atom. The Morgan fingerprint density at radius 1 is 0.361 bits per heavy atom. The molecule has 1 aliphatic carbocycles. The van der Waals surface area contributed by atoms with Crippen molar-refractivity contribution in [1.82, 2.24) is 0 Å². The molecule has 0 aliphatic heterocycles. The third kappa shape index (κ3) is 15.5. The lowest BCUT2D eigenvalue weighted by Gasteiger charge is -2.48. The van der Waals surface area contributed by atoms with Gasteiger partial charge in [-0.3, -0.25) is 0 Å². The lowest BCUT2D eigenvalue weighted by molar-refractivity contribution is 0.279. The van der Waals surface area contributed by atoms with Crippen LogP contribution in [0.1, 0.15) is 0 Å². The second-order valence-electron chi connectivity index (χ2n) is 7.10. The van der Waals surface area contributed by atoms with Crippen LogP contribution in [0.4, 0.5) is 0 Å². The van der Waals surface area contributed by atoms with Crippen molar-refractivity contribution < 1.29 is 0 Å². The van der Waals surface area contributed by atoms with Gasteiger partial charge in [-0.2, -0.15) is 114 Å². The molecule has 0 aromatic rings. The molecule has 1 aliphatic rings. The Hall–Kier alpha value is 6.30. The van der Waals surface area contributed by atoms with Gasteiger partial charge in [0, 0.05) is 63.5 Å². The van der Waals surface area contributed by atoms with E-state index in [2.05, 4.69) is 75.8 Å². The molecule has 0 radical (unpaired) electrons. The quantitative estimate of drug-likeness (QED) is 0.0407. The molecule has 0 bridgehead atoms. The van der Waals surface area contributed by atoms with Crippen molar-refractivity contribution in [3.8, 4) is 0 Å². The maximum absolute atomic E-state index is 5.25. The summed E-state index contributed by atoms with van der Waals surface area (Å²) in [5.74, 6) is 4.35. The van der Waals surface area contributed by atoms with Gasteiger partial charge in [-0.25, -0.2) is 0 Å². The van der Waals surface area contributed by atoms with Gasteiger partial charge >= 0.3 is 0 Å². The van der Waals surface area contributed by atoms with E-state index in [1.807, 2.05) is 106 Å². The third-order valence-corrected chi connectivity index (χ3v) is 22.6. The smallest absolute Gasteiger partial charge is 0.0972 e. The molecule has 36 heavy (non-hydrogen) atoms. The van der Waals surface area contributed by atoms with Gasteiger partial charge in [0.2, 0.25) is 0 Å². The van der Waals surface area contributed by atoms with Crippen LogP contribution in [0, 0.1) is 17.8 Å². The zero-order valence-electron chi connectivity index (χ0n) is 19.3. The highest BCUT2D eigenvalue weighted by molar-refractivity contribution is 8.36. The van der Waals surface area contributed by atoms with Crippen molar-refractivity contribution in [2.24, 2.45) is 17.8 Å². The van der Waals surface area contributed by atoms with E-state index >= 15 is 0 Å². The largest absolute Gasteiger partial charge is 0.175 e. The number of thiol groups is 9. The van der Waals surface area contributed by atoms with E-state index in [1.165, 1.54) is 0 Å². The summed E-state index contributed by atoms with van der Waals surface area (Å²) >= 11 is 59.7. The molecule has 0 heterocycles. The molecular weight excluding hydrogens is 793 g/mol. The minimum Gasteiger partial charge on any atom is -0.175 e. The van der Waals surface area contributed by atoms with Gasteiger partial charge < -0.3 is 0 Å². The second kappa shape index (κ2) is 25.5. The van der Waals surface area contributed by atoms with Gasteiger partial charge in [0.15, 0.2) is 0 Å². The van der Waals surface area contributed by atoms with Crippen molar-refractivity contribution in [2.75, 3.05) is 47.8 Å². The molecule has 0 spiro atoms. The van der Waals surface area contributed by atoms with E-state index < -0.39 is 0 Å². The predicted molar refractivity (Wildman–Crippen MR) is 226 cm³/mol. The topological polar surface area (TPSA) is 0 Å². The predicted octanol–water partition coefficient (Wildman–Crippen LogP) is 9.52. The summed E-state index contributed by atoms with van der Waals surface area (Å²) in [6, 6.07) is 0. The fourth-order valence-corrected chi connectivity index (χ4v) is 23.3. The second-order valence-corrected chi connectivity index (χ2v) is 26.0.